The van der Waals surface area contributed by atoms with Gasteiger partial charge in [-0.3, -0.25) is 4.79 Å². The second-order valence-corrected chi connectivity index (χ2v) is 7.65. The lowest BCUT2D eigenvalue weighted by Gasteiger charge is -2.44. The third-order valence-electron chi connectivity index (χ3n) is 5.79. The van der Waals surface area contributed by atoms with Crippen molar-refractivity contribution < 1.29 is 14.6 Å². The highest BCUT2D eigenvalue weighted by molar-refractivity contribution is 5.85. The van der Waals surface area contributed by atoms with Crippen LogP contribution < -0.4 is 0 Å². The van der Waals surface area contributed by atoms with Crippen molar-refractivity contribution in [3.63, 3.8) is 0 Å². The van der Waals surface area contributed by atoms with Crippen LogP contribution in [0, 0.1) is 5.41 Å². The number of hydrogen-bond acceptors (Lipinski definition) is 3. The normalized spacial score (nSPS) is 27.0. The smallest absolute Gasteiger partial charge is 0.254 e. The quantitative estimate of drug-likeness (QED) is 0.923. The maximum absolute atomic E-state index is 12.9. The van der Waals surface area contributed by atoms with Crippen molar-refractivity contribution >= 4 is 5.91 Å². The van der Waals surface area contributed by atoms with Crippen LogP contribution in [0.1, 0.15) is 44.6 Å². The molecule has 132 valence electrons. The van der Waals surface area contributed by atoms with Gasteiger partial charge in [0.05, 0.1) is 0 Å². The summed E-state index contributed by atoms with van der Waals surface area (Å²) in [5, 5.41) is 10.00. The van der Waals surface area contributed by atoms with Crippen molar-refractivity contribution in [3.8, 4) is 0 Å². The summed E-state index contributed by atoms with van der Waals surface area (Å²) in [6.45, 7) is 4.23. The molecule has 24 heavy (non-hydrogen) atoms. The lowest BCUT2D eigenvalue weighted by atomic mass is 9.74. The van der Waals surface area contributed by atoms with E-state index in [2.05, 4.69) is 12.1 Å². The van der Waals surface area contributed by atoms with Crippen LogP contribution in [0.15, 0.2) is 30.3 Å². The van der Waals surface area contributed by atoms with E-state index >= 15 is 0 Å². The maximum Gasteiger partial charge on any atom is 0.254 e. The van der Waals surface area contributed by atoms with Crippen molar-refractivity contribution in [1.29, 1.82) is 0 Å². The standard InChI is InChI=1S/C20H29NO3/c1-19(9-5-6-14-24-19)18(23)21-12-10-20(16-22,11-13-21)15-17-7-3-2-4-8-17/h2-4,7-8,22H,5-6,9-16H2,1H3. The van der Waals surface area contributed by atoms with Crippen molar-refractivity contribution in [2.75, 3.05) is 26.3 Å². The van der Waals surface area contributed by atoms with Crippen LogP contribution in [-0.4, -0.2) is 47.8 Å². The van der Waals surface area contributed by atoms with Gasteiger partial charge in [0.25, 0.3) is 5.91 Å². The van der Waals surface area contributed by atoms with Gasteiger partial charge in [-0.2, -0.15) is 0 Å². The predicted octanol–water partition coefficient (Wildman–Crippen LogP) is 2.79. The molecule has 0 aliphatic carbocycles. The maximum atomic E-state index is 12.9. The molecule has 1 unspecified atom stereocenters. The third-order valence-corrected chi connectivity index (χ3v) is 5.79. The lowest BCUT2D eigenvalue weighted by molar-refractivity contribution is -0.164. The van der Waals surface area contributed by atoms with Gasteiger partial charge < -0.3 is 14.7 Å². The molecule has 0 saturated carbocycles. The Morgan fingerprint density at radius 3 is 2.46 bits per heavy atom. The van der Waals surface area contributed by atoms with Gasteiger partial charge in [-0.15, -0.1) is 0 Å². The van der Waals surface area contributed by atoms with E-state index in [0.717, 1.165) is 38.5 Å². The lowest BCUT2D eigenvalue weighted by Crippen LogP contribution is -2.54. The van der Waals surface area contributed by atoms with Gasteiger partial charge in [-0.25, -0.2) is 0 Å². The molecule has 1 atom stereocenters. The summed E-state index contributed by atoms with van der Waals surface area (Å²) in [7, 11) is 0. The van der Waals surface area contributed by atoms with E-state index in [1.807, 2.05) is 30.0 Å². The number of hydrogen-bond donors (Lipinski definition) is 1. The van der Waals surface area contributed by atoms with Crippen LogP contribution in [0.5, 0.6) is 0 Å². The molecule has 4 heteroatoms. The third kappa shape index (κ3) is 3.65. The Hall–Kier alpha value is -1.39. The number of aliphatic hydroxyl groups excluding tert-OH is 1. The van der Waals surface area contributed by atoms with E-state index < -0.39 is 5.60 Å². The summed E-state index contributed by atoms with van der Waals surface area (Å²) in [6.07, 6.45) is 5.50. The Morgan fingerprint density at radius 2 is 1.88 bits per heavy atom. The highest BCUT2D eigenvalue weighted by Crippen LogP contribution is 2.36. The molecule has 4 nitrogen and oxygen atoms in total. The average molecular weight is 331 g/mol. The molecule has 2 heterocycles. The summed E-state index contributed by atoms with van der Waals surface area (Å²) in [5.41, 5.74) is 0.512. The highest BCUT2D eigenvalue weighted by Gasteiger charge is 2.42. The van der Waals surface area contributed by atoms with Crippen molar-refractivity contribution in [2.24, 2.45) is 5.41 Å². The average Bonchev–Trinajstić information content (AvgIpc) is 2.63. The number of carbonyl (C=O) groups is 1. The monoisotopic (exact) mass is 331 g/mol. The Bertz CT molecular complexity index is 543. The summed E-state index contributed by atoms with van der Waals surface area (Å²) in [6, 6.07) is 10.3. The van der Waals surface area contributed by atoms with Crippen LogP contribution in [0.2, 0.25) is 0 Å². The van der Waals surface area contributed by atoms with Crippen LogP contribution in [0.4, 0.5) is 0 Å². The molecule has 3 rings (SSSR count). The number of piperidine rings is 1. The van der Waals surface area contributed by atoms with Gasteiger partial charge in [0, 0.05) is 31.7 Å². The first kappa shape index (κ1) is 17.4. The zero-order valence-electron chi connectivity index (χ0n) is 14.7. The molecule has 1 aromatic carbocycles. The number of rotatable bonds is 4. The zero-order valence-corrected chi connectivity index (χ0v) is 14.7. The van der Waals surface area contributed by atoms with E-state index in [1.54, 1.807) is 0 Å². The largest absolute Gasteiger partial charge is 0.396 e. The number of benzene rings is 1. The molecule has 2 fully saturated rings. The fourth-order valence-electron chi connectivity index (χ4n) is 4.04. The fourth-order valence-corrected chi connectivity index (χ4v) is 4.04. The SMILES string of the molecule is CC1(C(=O)N2CCC(CO)(Cc3ccccc3)CC2)CCCCO1. The predicted molar refractivity (Wildman–Crippen MR) is 93.7 cm³/mol. The van der Waals surface area contributed by atoms with Gasteiger partial charge in [-0.05, 0) is 51.0 Å². The summed E-state index contributed by atoms with van der Waals surface area (Å²) >= 11 is 0. The summed E-state index contributed by atoms with van der Waals surface area (Å²) in [5.74, 6) is 0.133. The number of amides is 1. The summed E-state index contributed by atoms with van der Waals surface area (Å²) < 4.78 is 5.81. The number of ether oxygens (including phenoxy) is 1. The zero-order chi connectivity index (χ0) is 17.0. The second kappa shape index (κ2) is 7.24. The van der Waals surface area contributed by atoms with E-state index in [9.17, 15) is 9.90 Å². The molecule has 0 radical (unpaired) electrons. The van der Waals surface area contributed by atoms with Crippen molar-refractivity contribution in [3.05, 3.63) is 35.9 Å². The van der Waals surface area contributed by atoms with Crippen molar-refractivity contribution in [2.45, 2.75) is 51.0 Å². The number of carbonyl (C=O) groups excluding carboxylic acids is 1. The molecule has 0 spiro atoms. The minimum Gasteiger partial charge on any atom is -0.396 e. The molecule has 2 aliphatic rings. The molecule has 1 amide bonds. The van der Waals surface area contributed by atoms with Gasteiger partial charge in [0.2, 0.25) is 0 Å². The molecular weight excluding hydrogens is 302 g/mol. The first-order valence-electron chi connectivity index (χ1n) is 9.15. The van der Waals surface area contributed by atoms with Gasteiger partial charge >= 0.3 is 0 Å². The summed E-state index contributed by atoms with van der Waals surface area (Å²) in [4.78, 5) is 14.8. The Balaban J connectivity index is 1.62. The van der Waals surface area contributed by atoms with Gasteiger partial charge in [-0.1, -0.05) is 30.3 Å². The molecular formula is C20H29NO3. The Kier molecular flexibility index (Phi) is 5.26. The Labute approximate surface area is 144 Å². The minimum absolute atomic E-state index is 0.105. The Morgan fingerprint density at radius 1 is 1.17 bits per heavy atom. The number of aliphatic hydroxyl groups is 1. The van der Waals surface area contributed by atoms with E-state index in [-0.39, 0.29) is 17.9 Å². The van der Waals surface area contributed by atoms with Gasteiger partial charge in [0.15, 0.2) is 0 Å². The first-order chi connectivity index (χ1) is 11.6. The fraction of sp³-hybridized carbons (Fsp3) is 0.650. The molecule has 2 aliphatic heterocycles. The first-order valence-corrected chi connectivity index (χ1v) is 9.15. The van der Waals surface area contributed by atoms with E-state index in [4.69, 9.17) is 4.74 Å². The van der Waals surface area contributed by atoms with Crippen LogP contribution in [-0.2, 0) is 16.0 Å². The van der Waals surface area contributed by atoms with Crippen LogP contribution in [0.25, 0.3) is 0 Å². The van der Waals surface area contributed by atoms with E-state index in [1.165, 1.54) is 5.56 Å². The molecule has 0 bridgehead atoms. The second-order valence-electron chi connectivity index (χ2n) is 7.65. The van der Waals surface area contributed by atoms with Gasteiger partial charge in [0.1, 0.15) is 5.60 Å². The molecule has 2 saturated heterocycles. The van der Waals surface area contributed by atoms with Crippen molar-refractivity contribution in [1.82, 2.24) is 4.90 Å². The highest BCUT2D eigenvalue weighted by atomic mass is 16.5. The number of likely N-dealkylation sites (tertiary alicyclic amines) is 1. The minimum atomic E-state index is -0.642. The van der Waals surface area contributed by atoms with Crippen LogP contribution in [0.3, 0.4) is 0 Å². The van der Waals surface area contributed by atoms with Crippen LogP contribution >= 0.6 is 0 Å². The molecule has 1 N–H and O–H groups in total. The molecule has 1 aromatic rings. The van der Waals surface area contributed by atoms with E-state index in [0.29, 0.717) is 19.7 Å². The molecule has 0 aromatic heterocycles. The topological polar surface area (TPSA) is 49.8 Å². The number of nitrogens with zero attached hydrogens (tertiary/aromatic N) is 1.